The van der Waals surface area contributed by atoms with Crippen molar-refractivity contribution in [3.8, 4) is 0 Å². The van der Waals surface area contributed by atoms with Crippen molar-refractivity contribution in [2.75, 3.05) is 32.8 Å². The average Bonchev–Trinajstić information content (AvgIpc) is 3.37. The van der Waals surface area contributed by atoms with Gasteiger partial charge in [-0.1, -0.05) is 12.8 Å². The van der Waals surface area contributed by atoms with Crippen LogP contribution in [-0.4, -0.2) is 49.7 Å². The van der Waals surface area contributed by atoms with Crippen LogP contribution >= 0.6 is 0 Å². The normalized spacial score (nSPS) is 28.3. The standard InChI is InChI=1S/C19H29N3O2/c1-2-5-16(4-1)21-18(20-10-7-17-6-3-12-24-17)22-11-8-19(14-22)9-13-23-15-19/h3,6,12,16H,1-2,4-5,7-11,13-15H2,(H,20,21). The summed E-state index contributed by atoms with van der Waals surface area (Å²) in [6.45, 7) is 4.82. The molecule has 1 atom stereocenters. The molecule has 4 rings (SSSR count). The third-order valence-corrected chi connectivity index (χ3v) is 5.81. The van der Waals surface area contributed by atoms with Crippen molar-refractivity contribution >= 4 is 5.96 Å². The van der Waals surface area contributed by atoms with Gasteiger partial charge in [-0.3, -0.25) is 4.99 Å². The van der Waals surface area contributed by atoms with Crippen LogP contribution in [0.4, 0.5) is 0 Å². The molecule has 5 nitrogen and oxygen atoms in total. The Labute approximate surface area is 144 Å². The molecule has 132 valence electrons. The molecule has 0 bridgehead atoms. The average molecular weight is 331 g/mol. The topological polar surface area (TPSA) is 50.0 Å². The first kappa shape index (κ1) is 16.0. The van der Waals surface area contributed by atoms with Gasteiger partial charge < -0.3 is 19.4 Å². The van der Waals surface area contributed by atoms with Crippen molar-refractivity contribution < 1.29 is 9.15 Å². The summed E-state index contributed by atoms with van der Waals surface area (Å²) >= 11 is 0. The lowest BCUT2D eigenvalue weighted by atomic mass is 9.87. The molecule has 3 aliphatic rings. The lowest BCUT2D eigenvalue weighted by molar-refractivity contribution is 0.156. The monoisotopic (exact) mass is 331 g/mol. The zero-order chi connectivity index (χ0) is 16.2. The molecular formula is C19H29N3O2. The molecule has 2 aliphatic heterocycles. The molecule has 1 spiro atoms. The quantitative estimate of drug-likeness (QED) is 0.681. The van der Waals surface area contributed by atoms with Crippen molar-refractivity contribution in [1.29, 1.82) is 0 Å². The Morgan fingerprint density at radius 3 is 3.00 bits per heavy atom. The van der Waals surface area contributed by atoms with E-state index in [0.717, 1.165) is 51.0 Å². The molecule has 2 saturated heterocycles. The highest BCUT2D eigenvalue weighted by atomic mass is 16.5. The highest BCUT2D eigenvalue weighted by molar-refractivity contribution is 5.80. The maximum atomic E-state index is 5.67. The van der Waals surface area contributed by atoms with Crippen molar-refractivity contribution in [1.82, 2.24) is 10.2 Å². The second kappa shape index (κ2) is 7.18. The summed E-state index contributed by atoms with van der Waals surface area (Å²) in [5, 5.41) is 3.75. The fraction of sp³-hybridized carbons (Fsp3) is 0.737. The highest BCUT2D eigenvalue weighted by Gasteiger charge is 2.42. The first-order chi connectivity index (χ1) is 11.8. The predicted octanol–water partition coefficient (Wildman–Crippen LogP) is 2.82. The number of aliphatic imine (C=N–C) groups is 1. The second-order valence-electron chi connectivity index (χ2n) is 7.63. The van der Waals surface area contributed by atoms with E-state index in [2.05, 4.69) is 10.2 Å². The van der Waals surface area contributed by atoms with Crippen molar-refractivity contribution in [2.45, 2.75) is 51.0 Å². The number of hydrogen-bond donors (Lipinski definition) is 1. The van der Waals surface area contributed by atoms with Gasteiger partial charge in [0.15, 0.2) is 5.96 Å². The van der Waals surface area contributed by atoms with Crippen LogP contribution in [-0.2, 0) is 11.2 Å². The van der Waals surface area contributed by atoms with Gasteiger partial charge >= 0.3 is 0 Å². The fourth-order valence-electron chi connectivity index (χ4n) is 4.30. The number of guanidine groups is 1. The molecule has 3 heterocycles. The van der Waals surface area contributed by atoms with Crippen molar-refractivity contribution in [2.24, 2.45) is 10.4 Å². The van der Waals surface area contributed by atoms with Gasteiger partial charge in [0.1, 0.15) is 5.76 Å². The van der Waals surface area contributed by atoms with Crippen LogP contribution in [0.15, 0.2) is 27.8 Å². The minimum atomic E-state index is 0.374. The van der Waals surface area contributed by atoms with Crippen LogP contribution in [0.1, 0.15) is 44.3 Å². The number of likely N-dealkylation sites (tertiary alicyclic amines) is 1. The van der Waals surface area contributed by atoms with Crippen LogP contribution < -0.4 is 5.32 Å². The molecule has 1 saturated carbocycles. The lowest BCUT2D eigenvalue weighted by Crippen LogP contribution is -2.45. The van der Waals surface area contributed by atoms with E-state index in [1.807, 2.05) is 12.1 Å². The van der Waals surface area contributed by atoms with Gasteiger partial charge in [-0.15, -0.1) is 0 Å². The molecular weight excluding hydrogens is 302 g/mol. The van der Waals surface area contributed by atoms with Gasteiger partial charge in [0.2, 0.25) is 0 Å². The molecule has 0 aromatic carbocycles. The molecule has 0 amide bonds. The van der Waals surface area contributed by atoms with E-state index in [1.165, 1.54) is 38.5 Å². The first-order valence-electron chi connectivity index (χ1n) is 9.49. The Hall–Kier alpha value is -1.49. The molecule has 1 N–H and O–H groups in total. The summed E-state index contributed by atoms with van der Waals surface area (Å²) in [4.78, 5) is 7.40. The number of nitrogens with one attached hydrogen (secondary N) is 1. The number of rotatable bonds is 4. The molecule has 0 radical (unpaired) electrons. The first-order valence-corrected chi connectivity index (χ1v) is 9.49. The Morgan fingerprint density at radius 2 is 2.25 bits per heavy atom. The molecule has 1 aromatic heterocycles. The molecule has 24 heavy (non-hydrogen) atoms. The van der Waals surface area contributed by atoms with E-state index < -0.39 is 0 Å². The van der Waals surface area contributed by atoms with Crippen LogP contribution in [0.25, 0.3) is 0 Å². The molecule has 5 heteroatoms. The number of hydrogen-bond acceptors (Lipinski definition) is 3. The summed E-state index contributed by atoms with van der Waals surface area (Å²) in [6, 6.07) is 4.57. The van der Waals surface area contributed by atoms with Gasteiger partial charge in [-0.25, -0.2) is 0 Å². The molecule has 1 unspecified atom stereocenters. The predicted molar refractivity (Wildman–Crippen MR) is 94.2 cm³/mol. The van der Waals surface area contributed by atoms with E-state index in [1.54, 1.807) is 6.26 Å². The Bertz CT molecular complexity index is 543. The van der Waals surface area contributed by atoms with E-state index in [4.69, 9.17) is 14.1 Å². The smallest absolute Gasteiger partial charge is 0.194 e. The zero-order valence-electron chi connectivity index (χ0n) is 14.5. The van der Waals surface area contributed by atoms with E-state index >= 15 is 0 Å². The van der Waals surface area contributed by atoms with Crippen LogP contribution in [0.5, 0.6) is 0 Å². The highest BCUT2D eigenvalue weighted by Crippen LogP contribution is 2.38. The van der Waals surface area contributed by atoms with Crippen LogP contribution in [0.2, 0.25) is 0 Å². The minimum absolute atomic E-state index is 0.374. The van der Waals surface area contributed by atoms with Crippen molar-refractivity contribution in [3.05, 3.63) is 24.2 Å². The summed E-state index contributed by atoms with van der Waals surface area (Å²) in [7, 11) is 0. The van der Waals surface area contributed by atoms with Gasteiger partial charge in [-0.05, 0) is 37.8 Å². The fourth-order valence-corrected chi connectivity index (χ4v) is 4.30. The summed E-state index contributed by atoms with van der Waals surface area (Å²) in [5.74, 6) is 2.12. The third kappa shape index (κ3) is 3.61. The SMILES string of the molecule is c1coc(CCN=C(NC2CCCC2)N2CCC3(CCOC3)C2)c1. The van der Waals surface area contributed by atoms with Crippen molar-refractivity contribution in [3.63, 3.8) is 0 Å². The zero-order valence-corrected chi connectivity index (χ0v) is 14.5. The molecule has 1 aromatic rings. The van der Waals surface area contributed by atoms with Crippen LogP contribution in [0.3, 0.4) is 0 Å². The van der Waals surface area contributed by atoms with Gasteiger partial charge in [0, 0.05) is 44.1 Å². The Kier molecular flexibility index (Phi) is 4.79. The largest absolute Gasteiger partial charge is 0.469 e. The van der Waals surface area contributed by atoms with Gasteiger partial charge in [-0.2, -0.15) is 0 Å². The van der Waals surface area contributed by atoms with E-state index in [9.17, 15) is 0 Å². The second-order valence-corrected chi connectivity index (χ2v) is 7.63. The Balaban J connectivity index is 1.41. The number of furan rings is 1. The maximum absolute atomic E-state index is 5.67. The van der Waals surface area contributed by atoms with Gasteiger partial charge in [0.05, 0.1) is 12.9 Å². The maximum Gasteiger partial charge on any atom is 0.194 e. The molecule has 3 fully saturated rings. The van der Waals surface area contributed by atoms with Crippen LogP contribution in [0, 0.1) is 5.41 Å². The van der Waals surface area contributed by atoms with Gasteiger partial charge in [0.25, 0.3) is 0 Å². The number of ether oxygens (including phenoxy) is 1. The summed E-state index contributed by atoms with van der Waals surface area (Å²) in [6.07, 6.45) is 10.3. The minimum Gasteiger partial charge on any atom is -0.469 e. The Morgan fingerprint density at radius 1 is 1.33 bits per heavy atom. The lowest BCUT2D eigenvalue weighted by Gasteiger charge is -2.27. The summed E-state index contributed by atoms with van der Waals surface area (Å²) in [5.41, 5.74) is 0.374. The van der Waals surface area contributed by atoms with E-state index in [-0.39, 0.29) is 0 Å². The van der Waals surface area contributed by atoms with E-state index in [0.29, 0.717) is 11.5 Å². The summed E-state index contributed by atoms with van der Waals surface area (Å²) < 4.78 is 11.1. The third-order valence-electron chi connectivity index (χ3n) is 5.81. The molecule has 1 aliphatic carbocycles. The number of nitrogens with zero attached hydrogens (tertiary/aromatic N) is 2.